The molecule has 1 unspecified atom stereocenters. The summed E-state index contributed by atoms with van der Waals surface area (Å²) < 4.78 is 5.85. The lowest BCUT2D eigenvalue weighted by atomic mass is 10.2. The van der Waals surface area contributed by atoms with Gasteiger partial charge in [-0.15, -0.1) is 0 Å². The fourth-order valence-corrected chi connectivity index (χ4v) is 1.36. The predicted molar refractivity (Wildman–Crippen MR) is 66.6 cm³/mol. The van der Waals surface area contributed by atoms with Gasteiger partial charge in [0.2, 0.25) is 0 Å². The smallest absolute Gasteiger partial charge is 0.127 e. The molecule has 3 heteroatoms. The molecule has 0 fully saturated rings. The summed E-state index contributed by atoms with van der Waals surface area (Å²) in [5.41, 5.74) is 1.14. The lowest BCUT2D eigenvalue weighted by Crippen LogP contribution is -2.17. The molecule has 0 saturated carbocycles. The first-order chi connectivity index (χ1) is 7.77. The molecule has 0 saturated heterocycles. The average molecular weight is 222 g/mol. The standard InChI is InChI=1S/C13H22N2O/c1-4-7-14-9-12-10-15-8-6-13(12)16-11(3)5-2/h6,8,10-11,14H,4-5,7,9H2,1-3H3. The lowest BCUT2D eigenvalue weighted by Gasteiger charge is -2.15. The molecule has 1 rings (SSSR count). The molecule has 0 bridgehead atoms. The van der Waals surface area contributed by atoms with E-state index in [0.717, 1.165) is 37.2 Å². The Labute approximate surface area is 98.2 Å². The number of hydrogen-bond donors (Lipinski definition) is 1. The van der Waals surface area contributed by atoms with Crippen LogP contribution in [0.15, 0.2) is 18.5 Å². The van der Waals surface area contributed by atoms with Gasteiger partial charge in [0.1, 0.15) is 5.75 Å². The van der Waals surface area contributed by atoms with Crippen LogP contribution in [0.25, 0.3) is 0 Å². The van der Waals surface area contributed by atoms with E-state index in [2.05, 4.69) is 31.1 Å². The maximum atomic E-state index is 5.85. The van der Waals surface area contributed by atoms with E-state index in [1.54, 1.807) is 6.20 Å². The van der Waals surface area contributed by atoms with Crippen LogP contribution in [-0.2, 0) is 6.54 Å². The molecular weight excluding hydrogens is 200 g/mol. The molecule has 3 nitrogen and oxygen atoms in total. The molecule has 1 atom stereocenters. The first-order valence-corrected chi connectivity index (χ1v) is 6.08. The molecule has 0 spiro atoms. The summed E-state index contributed by atoms with van der Waals surface area (Å²) in [6.45, 7) is 8.22. The van der Waals surface area contributed by atoms with Crippen LogP contribution >= 0.6 is 0 Å². The Bertz CT molecular complexity index is 302. The Morgan fingerprint density at radius 3 is 2.94 bits per heavy atom. The zero-order valence-corrected chi connectivity index (χ0v) is 10.5. The second-order valence-electron chi connectivity index (χ2n) is 4.00. The van der Waals surface area contributed by atoms with Crippen molar-refractivity contribution in [3.8, 4) is 5.75 Å². The van der Waals surface area contributed by atoms with Gasteiger partial charge in [-0.2, -0.15) is 0 Å². The summed E-state index contributed by atoms with van der Waals surface area (Å²) in [5.74, 6) is 0.952. The van der Waals surface area contributed by atoms with Crippen molar-refractivity contribution in [2.75, 3.05) is 6.54 Å². The van der Waals surface area contributed by atoms with Gasteiger partial charge in [-0.05, 0) is 32.4 Å². The molecule has 1 heterocycles. The van der Waals surface area contributed by atoms with Gasteiger partial charge in [0.05, 0.1) is 6.10 Å². The predicted octanol–water partition coefficient (Wildman–Crippen LogP) is 2.76. The van der Waals surface area contributed by atoms with Gasteiger partial charge < -0.3 is 10.1 Å². The van der Waals surface area contributed by atoms with E-state index in [9.17, 15) is 0 Å². The van der Waals surface area contributed by atoms with E-state index in [4.69, 9.17) is 4.74 Å². The SMILES string of the molecule is CCCNCc1cnccc1OC(C)CC. The Hall–Kier alpha value is -1.09. The zero-order chi connectivity index (χ0) is 11.8. The van der Waals surface area contributed by atoms with Gasteiger partial charge in [-0.3, -0.25) is 4.98 Å². The maximum Gasteiger partial charge on any atom is 0.127 e. The third-order valence-corrected chi connectivity index (χ3v) is 2.50. The van der Waals surface area contributed by atoms with Crippen molar-refractivity contribution in [1.29, 1.82) is 0 Å². The molecular formula is C13H22N2O. The number of rotatable bonds is 7. The van der Waals surface area contributed by atoms with E-state index in [1.807, 2.05) is 12.3 Å². The molecule has 1 N–H and O–H groups in total. The highest BCUT2D eigenvalue weighted by molar-refractivity contribution is 5.30. The minimum absolute atomic E-state index is 0.257. The number of nitrogens with zero attached hydrogens (tertiary/aromatic N) is 1. The van der Waals surface area contributed by atoms with Gasteiger partial charge >= 0.3 is 0 Å². The Morgan fingerprint density at radius 1 is 1.44 bits per heavy atom. The number of aromatic nitrogens is 1. The van der Waals surface area contributed by atoms with E-state index >= 15 is 0 Å². The number of hydrogen-bond acceptors (Lipinski definition) is 3. The maximum absolute atomic E-state index is 5.85. The summed E-state index contributed by atoms with van der Waals surface area (Å²) in [6, 6.07) is 1.94. The number of ether oxygens (including phenoxy) is 1. The van der Waals surface area contributed by atoms with Crippen molar-refractivity contribution in [2.24, 2.45) is 0 Å². The number of pyridine rings is 1. The topological polar surface area (TPSA) is 34.2 Å². The van der Waals surface area contributed by atoms with Crippen molar-refractivity contribution in [2.45, 2.75) is 46.3 Å². The van der Waals surface area contributed by atoms with E-state index in [0.29, 0.717) is 0 Å². The zero-order valence-electron chi connectivity index (χ0n) is 10.5. The first kappa shape index (κ1) is 13.0. The van der Waals surface area contributed by atoms with Crippen LogP contribution in [0.3, 0.4) is 0 Å². The number of nitrogens with one attached hydrogen (secondary N) is 1. The van der Waals surface area contributed by atoms with E-state index < -0.39 is 0 Å². The van der Waals surface area contributed by atoms with Crippen LogP contribution in [0.5, 0.6) is 5.75 Å². The summed E-state index contributed by atoms with van der Waals surface area (Å²) in [6.07, 6.45) is 6.07. The second-order valence-corrected chi connectivity index (χ2v) is 4.00. The largest absolute Gasteiger partial charge is 0.490 e. The van der Waals surface area contributed by atoms with Crippen molar-refractivity contribution < 1.29 is 4.74 Å². The lowest BCUT2D eigenvalue weighted by molar-refractivity contribution is 0.214. The van der Waals surface area contributed by atoms with Gasteiger partial charge in [-0.25, -0.2) is 0 Å². The molecule has 90 valence electrons. The van der Waals surface area contributed by atoms with E-state index in [-0.39, 0.29) is 6.10 Å². The molecule has 1 aromatic rings. The molecule has 0 aliphatic heterocycles. The minimum Gasteiger partial charge on any atom is -0.490 e. The molecule has 0 aliphatic rings. The normalized spacial score (nSPS) is 12.4. The quantitative estimate of drug-likeness (QED) is 0.720. The molecule has 1 aromatic heterocycles. The van der Waals surface area contributed by atoms with Crippen LogP contribution in [0.2, 0.25) is 0 Å². The van der Waals surface area contributed by atoms with Gasteiger partial charge in [0.15, 0.2) is 0 Å². The van der Waals surface area contributed by atoms with Crippen LogP contribution in [0.4, 0.5) is 0 Å². The monoisotopic (exact) mass is 222 g/mol. The van der Waals surface area contributed by atoms with Gasteiger partial charge in [-0.1, -0.05) is 13.8 Å². The van der Waals surface area contributed by atoms with Crippen molar-refractivity contribution in [3.63, 3.8) is 0 Å². The Kier molecular flexibility index (Phi) is 5.86. The van der Waals surface area contributed by atoms with Crippen molar-refractivity contribution in [1.82, 2.24) is 10.3 Å². The average Bonchev–Trinajstić information content (AvgIpc) is 2.31. The fourth-order valence-electron chi connectivity index (χ4n) is 1.36. The fraction of sp³-hybridized carbons (Fsp3) is 0.615. The molecule has 0 amide bonds. The Balaban J connectivity index is 2.60. The van der Waals surface area contributed by atoms with Crippen LogP contribution in [0.1, 0.15) is 39.2 Å². The highest BCUT2D eigenvalue weighted by Gasteiger charge is 2.06. The molecule has 16 heavy (non-hydrogen) atoms. The Morgan fingerprint density at radius 2 is 2.25 bits per heavy atom. The molecule has 0 aromatic carbocycles. The third-order valence-electron chi connectivity index (χ3n) is 2.50. The van der Waals surface area contributed by atoms with Gasteiger partial charge in [0, 0.05) is 24.5 Å². The van der Waals surface area contributed by atoms with Crippen molar-refractivity contribution >= 4 is 0 Å². The van der Waals surface area contributed by atoms with Crippen molar-refractivity contribution in [3.05, 3.63) is 24.0 Å². The molecule has 0 radical (unpaired) electrons. The van der Waals surface area contributed by atoms with E-state index in [1.165, 1.54) is 0 Å². The van der Waals surface area contributed by atoms with Crippen LogP contribution in [-0.4, -0.2) is 17.6 Å². The summed E-state index contributed by atoms with van der Waals surface area (Å²) >= 11 is 0. The van der Waals surface area contributed by atoms with Crippen LogP contribution < -0.4 is 10.1 Å². The summed E-state index contributed by atoms with van der Waals surface area (Å²) in [4.78, 5) is 4.14. The highest BCUT2D eigenvalue weighted by Crippen LogP contribution is 2.18. The minimum atomic E-state index is 0.257. The highest BCUT2D eigenvalue weighted by atomic mass is 16.5. The third kappa shape index (κ3) is 4.19. The molecule has 0 aliphatic carbocycles. The second kappa shape index (κ2) is 7.23. The van der Waals surface area contributed by atoms with Crippen LogP contribution in [0, 0.1) is 0 Å². The first-order valence-electron chi connectivity index (χ1n) is 6.08. The summed E-state index contributed by atoms with van der Waals surface area (Å²) in [5, 5.41) is 3.36. The van der Waals surface area contributed by atoms with Gasteiger partial charge in [0.25, 0.3) is 0 Å². The summed E-state index contributed by atoms with van der Waals surface area (Å²) in [7, 11) is 0.